The Morgan fingerprint density at radius 1 is 1.67 bits per heavy atom. The van der Waals surface area contributed by atoms with Gasteiger partial charge in [0.2, 0.25) is 5.91 Å². The summed E-state index contributed by atoms with van der Waals surface area (Å²) in [7, 11) is 0. The molecule has 1 amide bonds. The van der Waals surface area contributed by atoms with E-state index in [0.717, 1.165) is 0 Å². The van der Waals surface area contributed by atoms with Gasteiger partial charge in [-0.25, -0.2) is 0 Å². The lowest BCUT2D eigenvalue weighted by molar-refractivity contribution is -0.142. The highest BCUT2D eigenvalue weighted by Crippen LogP contribution is 1.98. The van der Waals surface area contributed by atoms with Gasteiger partial charge < -0.3 is 10.8 Å². The standard InChI is InChI=1S/C5H8NO3/c1-3(5(8)9)2-4(6)7/h3H,1-2H2,(H2,6,7)(H,8,9). The van der Waals surface area contributed by atoms with Crippen LogP contribution in [0.25, 0.3) is 0 Å². The molecule has 0 fully saturated rings. The second-order valence-electron chi connectivity index (χ2n) is 1.71. The van der Waals surface area contributed by atoms with Crippen LogP contribution in [0, 0.1) is 12.8 Å². The number of carboxylic acids is 1. The molecule has 4 heteroatoms. The number of nitrogens with two attached hydrogens (primary N) is 1. The van der Waals surface area contributed by atoms with Crippen molar-refractivity contribution in [3.05, 3.63) is 6.92 Å². The summed E-state index contributed by atoms with van der Waals surface area (Å²) in [6, 6.07) is 0. The number of primary amides is 1. The molecule has 1 atom stereocenters. The first kappa shape index (κ1) is 7.94. The number of hydrogen-bond donors (Lipinski definition) is 2. The molecule has 0 aliphatic rings. The SMILES string of the molecule is [CH2]C(CC(N)=O)C(=O)O. The number of hydrogen-bond acceptors (Lipinski definition) is 2. The van der Waals surface area contributed by atoms with Crippen LogP contribution in [0.4, 0.5) is 0 Å². The van der Waals surface area contributed by atoms with Crippen LogP contribution in [0.2, 0.25) is 0 Å². The van der Waals surface area contributed by atoms with Gasteiger partial charge in [-0.2, -0.15) is 0 Å². The molecule has 0 aliphatic carbocycles. The topological polar surface area (TPSA) is 80.4 Å². The first-order valence-corrected chi connectivity index (χ1v) is 2.38. The molecule has 0 aromatic rings. The predicted octanol–water partition coefficient (Wildman–Crippen LogP) is -0.603. The molecule has 0 saturated carbocycles. The summed E-state index contributed by atoms with van der Waals surface area (Å²) in [6.07, 6.45) is -0.199. The molecule has 4 nitrogen and oxygen atoms in total. The van der Waals surface area contributed by atoms with Gasteiger partial charge in [0.15, 0.2) is 0 Å². The van der Waals surface area contributed by atoms with Crippen molar-refractivity contribution in [1.82, 2.24) is 0 Å². The molecule has 1 unspecified atom stereocenters. The minimum absolute atomic E-state index is 0.199. The van der Waals surface area contributed by atoms with Gasteiger partial charge in [-0.3, -0.25) is 9.59 Å². The van der Waals surface area contributed by atoms with Crippen molar-refractivity contribution in [2.75, 3.05) is 0 Å². The van der Waals surface area contributed by atoms with Crippen molar-refractivity contribution in [2.24, 2.45) is 11.7 Å². The Balaban J connectivity index is 3.63. The highest BCUT2D eigenvalue weighted by Gasteiger charge is 2.12. The summed E-state index contributed by atoms with van der Waals surface area (Å²) in [5.74, 6) is -2.66. The number of aliphatic carboxylic acids is 1. The average Bonchev–Trinajstić information content (AvgIpc) is 1.63. The van der Waals surface area contributed by atoms with E-state index in [9.17, 15) is 9.59 Å². The highest BCUT2D eigenvalue weighted by molar-refractivity contribution is 5.81. The van der Waals surface area contributed by atoms with Crippen molar-refractivity contribution in [2.45, 2.75) is 6.42 Å². The molecule has 0 saturated heterocycles. The van der Waals surface area contributed by atoms with Gasteiger partial charge >= 0.3 is 5.97 Å². The van der Waals surface area contributed by atoms with Gasteiger partial charge in [0.05, 0.1) is 5.92 Å². The van der Waals surface area contributed by atoms with Gasteiger partial charge in [0, 0.05) is 6.42 Å². The molecule has 3 N–H and O–H groups in total. The maximum absolute atomic E-state index is 10.0. The van der Waals surface area contributed by atoms with Crippen molar-refractivity contribution in [3.63, 3.8) is 0 Å². The normalized spacial score (nSPS) is 12.6. The van der Waals surface area contributed by atoms with Crippen molar-refractivity contribution in [3.8, 4) is 0 Å². The molecule has 0 heterocycles. The zero-order valence-electron chi connectivity index (χ0n) is 4.83. The summed E-state index contributed by atoms with van der Waals surface area (Å²) in [4.78, 5) is 20.0. The minimum Gasteiger partial charge on any atom is -0.481 e. The van der Waals surface area contributed by atoms with Crippen molar-refractivity contribution < 1.29 is 14.7 Å². The van der Waals surface area contributed by atoms with Gasteiger partial charge in [-0.05, 0) is 6.92 Å². The fourth-order valence-corrected chi connectivity index (χ4v) is 0.330. The quantitative estimate of drug-likeness (QED) is 0.535. The minimum atomic E-state index is -1.10. The molecule has 0 aromatic heterocycles. The van der Waals surface area contributed by atoms with Gasteiger partial charge in [0.1, 0.15) is 0 Å². The predicted molar refractivity (Wildman–Crippen MR) is 30.3 cm³/mol. The van der Waals surface area contributed by atoms with Crippen LogP contribution in [0.1, 0.15) is 6.42 Å². The molecule has 9 heavy (non-hydrogen) atoms. The Morgan fingerprint density at radius 2 is 2.11 bits per heavy atom. The summed E-state index contributed by atoms with van der Waals surface area (Å²) >= 11 is 0. The molecule has 51 valence electrons. The monoisotopic (exact) mass is 130 g/mol. The fraction of sp³-hybridized carbons (Fsp3) is 0.400. The van der Waals surface area contributed by atoms with Crippen LogP contribution in [0.15, 0.2) is 0 Å². The summed E-state index contributed by atoms with van der Waals surface area (Å²) in [5, 5.41) is 8.16. The molecule has 0 aliphatic heterocycles. The van der Waals surface area contributed by atoms with E-state index < -0.39 is 17.8 Å². The van der Waals surface area contributed by atoms with Gasteiger partial charge in [0.25, 0.3) is 0 Å². The van der Waals surface area contributed by atoms with E-state index >= 15 is 0 Å². The average molecular weight is 130 g/mol. The molecule has 0 aromatic carbocycles. The summed E-state index contributed by atoms with van der Waals surface area (Å²) in [6.45, 7) is 3.18. The maximum Gasteiger partial charge on any atom is 0.307 e. The van der Waals surface area contributed by atoms with E-state index in [4.69, 9.17) is 5.11 Å². The molecule has 0 rings (SSSR count). The summed E-state index contributed by atoms with van der Waals surface area (Å²) in [5.41, 5.74) is 4.69. The third kappa shape index (κ3) is 3.52. The van der Waals surface area contributed by atoms with E-state index in [1.54, 1.807) is 0 Å². The summed E-state index contributed by atoms with van der Waals surface area (Å²) < 4.78 is 0. The van der Waals surface area contributed by atoms with Crippen LogP contribution >= 0.6 is 0 Å². The lowest BCUT2D eigenvalue weighted by atomic mass is 10.1. The Morgan fingerprint density at radius 3 is 2.22 bits per heavy atom. The van der Waals surface area contributed by atoms with Crippen LogP contribution in [0.5, 0.6) is 0 Å². The molecular weight excluding hydrogens is 122 g/mol. The molecule has 0 bridgehead atoms. The molecule has 1 radical (unpaired) electrons. The zero-order valence-corrected chi connectivity index (χ0v) is 4.83. The lowest BCUT2D eigenvalue weighted by Gasteiger charge is -1.99. The van der Waals surface area contributed by atoms with Crippen LogP contribution in [-0.4, -0.2) is 17.0 Å². The number of carboxylic acid groups (broad SMARTS) is 1. The maximum atomic E-state index is 10.0. The fourth-order valence-electron chi connectivity index (χ4n) is 0.330. The Kier molecular flexibility index (Phi) is 2.70. The van der Waals surface area contributed by atoms with Crippen LogP contribution in [-0.2, 0) is 9.59 Å². The third-order valence-electron chi connectivity index (χ3n) is 0.797. The first-order chi connectivity index (χ1) is 4.04. The van der Waals surface area contributed by atoms with E-state index in [1.165, 1.54) is 0 Å². The van der Waals surface area contributed by atoms with Gasteiger partial charge in [-0.15, -0.1) is 0 Å². The van der Waals surface area contributed by atoms with Crippen molar-refractivity contribution in [1.29, 1.82) is 0 Å². The number of carbonyl (C=O) groups excluding carboxylic acids is 1. The van der Waals surface area contributed by atoms with Crippen LogP contribution in [0.3, 0.4) is 0 Å². The van der Waals surface area contributed by atoms with E-state index in [2.05, 4.69) is 12.7 Å². The first-order valence-electron chi connectivity index (χ1n) is 2.38. The number of amides is 1. The van der Waals surface area contributed by atoms with Crippen molar-refractivity contribution >= 4 is 11.9 Å². The van der Waals surface area contributed by atoms with E-state index in [0.29, 0.717) is 0 Å². The van der Waals surface area contributed by atoms with E-state index in [1.807, 2.05) is 0 Å². The number of rotatable bonds is 3. The Labute approximate surface area is 52.7 Å². The Bertz CT molecular complexity index is 132. The largest absolute Gasteiger partial charge is 0.481 e. The smallest absolute Gasteiger partial charge is 0.307 e. The molecular formula is C5H8NO3. The zero-order chi connectivity index (χ0) is 7.44. The second-order valence-corrected chi connectivity index (χ2v) is 1.71. The van der Waals surface area contributed by atoms with Crippen LogP contribution < -0.4 is 5.73 Å². The second kappa shape index (κ2) is 3.06. The Hall–Kier alpha value is -1.06. The third-order valence-corrected chi connectivity index (χ3v) is 0.797. The molecule has 0 spiro atoms. The number of carbonyl (C=O) groups is 2. The van der Waals surface area contributed by atoms with Gasteiger partial charge in [-0.1, -0.05) is 0 Å². The lowest BCUT2D eigenvalue weighted by Crippen LogP contribution is -2.20. The van der Waals surface area contributed by atoms with E-state index in [-0.39, 0.29) is 6.42 Å². The highest BCUT2D eigenvalue weighted by atomic mass is 16.4.